The standard InChI is InChI=1S/C19H21NO7S/c1-25-14-9-8-13(16(11-14)26-2)10-19(22)27-12-18(21)20-15-6-4-5-7-17(15)28(3,23)24/h4-9,11H,10,12H2,1-3H3,(H,20,21). The largest absolute Gasteiger partial charge is 0.497 e. The van der Waals surface area contributed by atoms with Crippen molar-refractivity contribution in [1.82, 2.24) is 0 Å². The summed E-state index contributed by atoms with van der Waals surface area (Å²) in [5.41, 5.74) is 0.707. The molecule has 9 heteroatoms. The Kier molecular flexibility index (Phi) is 7.00. The molecule has 0 unspecified atom stereocenters. The maximum absolute atomic E-state index is 12.0. The molecule has 0 saturated carbocycles. The van der Waals surface area contributed by atoms with Gasteiger partial charge < -0.3 is 19.5 Å². The lowest BCUT2D eigenvalue weighted by atomic mass is 10.1. The highest BCUT2D eigenvalue weighted by molar-refractivity contribution is 7.90. The van der Waals surface area contributed by atoms with Gasteiger partial charge in [0.15, 0.2) is 16.4 Å². The van der Waals surface area contributed by atoms with Crippen LogP contribution in [0.3, 0.4) is 0 Å². The van der Waals surface area contributed by atoms with Crippen molar-refractivity contribution >= 4 is 27.4 Å². The lowest BCUT2D eigenvalue weighted by molar-refractivity contribution is -0.146. The second-order valence-electron chi connectivity index (χ2n) is 5.83. The van der Waals surface area contributed by atoms with Crippen molar-refractivity contribution in [2.24, 2.45) is 0 Å². The quantitative estimate of drug-likeness (QED) is 0.665. The lowest BCUT2D eigenvalue weighted by Crippen LogP contribution is -2.22. The fourth-order valence-electron chi connectivity index (χ4n) is 2.43. The molecule has 2 rings (SSSR count). The molecule has 2 aromatic carbocycles. The Bertz CT molecular complexity index is 970. The number of para-hydroxylation sites is 1. The number of carbonyl (C=O) groups is 2. The lowest BCUT2D eigenvalue weighted by Gasteiger charge is -2.11. The number of hydrogen-bond acceptors (Lipinski definition) is 7. The minimum absolute atomic E-state index is 0.0161. The molecule has 0 bridgehead atoms. The molecule has 0 fully saturated rings. The van der Waals surface area contributed by atoms with E-state index in [1.165, 1.54) is 26.4 Å². The number of amides is 1. The van der Waals surface area contributed by atoms with Crippen molar-refractivity contribution in [1.29, 1.82) is 0 Å². The van der Waals surface area contributed by atoms with E-state index < -0.39 is 28.3 Å². The van der Waals surface area contributed by atoms with Crippen LogP contribution in [0.1, 0.15) is 5.56 Å². The van der Waals surface area contributed by atoms with Gasteiger partial charge in [-0.25, -0.2) is 8.42 Å². The van der Waals surface area contributed by atoms with Crippen LogP contribution < -0.4 is 14.8 Å². The fraction of sp³-hybridized carbons (Fsp3) is 0.263. The molecule has 0 aromatic heterocycles. The number of nitrogens with one attached hydrogen (secondary N) is 1. The van der Waals surface area contributed by atoms with Gasteiger partial charge in [0.2, 0.25) is 0 Å². The zero-order chi connectivity index (χ0) is 20.7. The maximum Gasteiger partial charge on any atom is 0.310 e. The van der Waals surface area contributed by atoms with E-state index >= 15 is 0 Å². The Morgan fingerprint density at radius 2 is 1.75 bits per heavy atom. The van der Waals surface area contributed by atoms with Crippen LogP contribution in [-0.4, -0.2) is 47.4 Å². The van der Waals surface area contributed by atoms with Crippen molar-refractivity contribution in [3.63, 3.8) is 0 Å². The molecular formula is C19H21NO7S. The number of hydrogen-bond donors (Lipinski definition) is 1. The van der Waals surface area contributed by atoms with Gasteiger partial charge in [0.05, 0.1) is 31.2 Å². The van der Waals surface area contributed by atoms with Crippen LogP contribution >= 0.6 is 0 Å². The molecule has 0 saturated heterocycles. The normalized spacial score (nSPS) is 10.8. The maximum atomic E-state index is 12.0. The van der Waals surface area contributed by atoms with Gasteiger partial charge in [0.1, 0.15) is 11.5 Å². The minimum Gasteiger partial charge on any atom is -0.497 e. The van der Waals surface area contributed by atoms with Gasteiger partial charge in [-0.1, -0.05) is 18.2 Å². The van der Waals surface area contributed by atoms with Gasteiger partial charge in [-0.3, -0.25) is 9.59 Å². The van der Waals surface area contributed by atoms with Crippen molar-refractivity contribution in [2.45, 2.75) is 11.3 Å². The molecule has 1 amide bonds. The van der Waals surface area contributed by atoms with Gasteiger partial charge in [0.25, 0.3) is 5.91 Å². The smallest absolute Gasteiger partial charge is 0.310 e. The summed E-state index contributed by atoms with van der Waals surface area (Å²) >= 11 is 0. The highest BCUT2D eigenvalue weighted by atomic mass is 32.2. The third-order valence-electron chi connectivity index (χ3n) is 3.75. The van der Waals surface area contributed by atoms with Gasteiger partial charge in [-0.05, 0) is 18.2 Å². The van der Waals surface area contributed by atoms with Crippen LogP contribution in [-0.2, 0) is 30.6 Å². The first kappa shape index (κ1) is 21.2. The first-order valence-electron chi connectivity index (χ1n) is 8.20. The summed E-state index contributed by atoms with van der Waals surface area (Å²) in [4.78, 5) is 24.0. The first-order chi connectivity index (χ1) is 13.2. The second-order valence-corrected chi connectivity index (χ2v) is 7.82. The summed E-state index contributed by atoms with van der Waals surface area (Å²) in [5.74, 6) is -0.234. The van der Waals surface area contributed by atoms with Gasteiger partial charge in [-0.15, -0.1) is 0 Å². The van der Waals surface area contributed by atoms with Crippen molar-refractivity contribution in [3.05, 3.63) is 48.0 Å². The van der Waals surface area contributed by atoms with Crippen molar-refractivity contribution in [3.8, 4) is 11.5 Å². The van der Waals surface area contributed by atoms with E-state index in [0.717, 1.165) is 6.26 Å². The summed E-state index contributed by atoms with van der Waals surface area (Å²) in [7, 11) is -0.526. The SMILES string of the molecule is COc1ccc(CC(=O)OCC(=O)Nc2ccccc2S(C)(=O)=O)c(OC)c1. The van der Waals surface area contributed by atoms with E-state index in [1.807, 2.05) is 0 Å². The molecule has 0 spiro atoms. The van der Waals surface area contributed by atoms with Crippen LogP contribution in [0, 0.1) is 0 Å². The van der Waals surface area contributed by atoms with E-state index in [1.54, 1.807) is 30.3 Å². The van der Waals surface area contributed by atoms with E-state index in [0.29, 0.717) is 17.1 Å². The molecule has 0 heterocycles. The zero-order valence-corrected chi connectivity index (χ0v) is 16.5. The topological polar surface area (TPSA) is 108 Å². The monoisotopic (exact) mass is 407 g/mol. The third-order valence-corrected chi connectivity index (χ3v) is 4.91. The third kappa shape index (κ3) is 5.71. The van der Waals surface area contributed by atoms with Crippen LogP contribution in [0.15, 0.2) is 47.4 Å². The summed E-state index contributed by atoms with van der Waals surface area (Å²) in [6.45, 7) is -0.546. The van der Waals surface area contributed by atoms with Crippen LogP contribution in [0.4, 0.5) is 5.69 Å². The molecule has 0 atom stereocenters. The number of sulfone groups is 1. The van der Waals surface area contributed by atoms with Gasteiger partial charge in [-0.2, -0.15) is 0 Å². The predicted octanol–water partition coefficient (Wildman–Crippen LogP) is 1.83. The molecule has 0 aliphatic rings. The van der Waals surface area contributed by atoms with E-state index in [-0.39, 0.29) is 17.0 Å². The second kappa shape index (κ2) is 9.23. The Morgan fingerprint density at radius 1 is 1.04 bits per heavy atom. The average Bonchev–Trinajstić information content (AvgIpc) is 2.66. The molecule has 2 aromatic rings. The van der Waals surface area contributed by atoms with Crippen molar-refractivity contribution in [2.75, 3.05) is 32.4 Å². The number of ether oxygens (including phenoxy) is 3. The van der Waals surface area contributed by atoms with Crippen LogP contribution in [0.2, 0.25) is 0 Å². The Hall–Kier alpha value is -3.07. The number of methoxy groups -OCH3 is 2. The van der Waals surface area contributed by atoms with Crippen LogP contribution in [0.25, 0.3) is 0 Å². The van der Waals surface area contributed by atoms with Gasteiger partial charge in [0, 0.05) is 17.9 Å². The predicted molar refractivity (Wildman–Crippen MR) is 102 cm³/mol. The van der Waals surface area contributed by atoms with Crippen molar-refractivity contribution < 1.29 is 32.2 Å². The highest BCUT2D eigenvalue weighted by Crippen LogP contribution is 2.25. The summed E-state index contributed by atoms with van der Waals surface area (Å²) in [6, 6.07) is 11.0. The summed E-state index contributed by atoms with van der Waals surface area (Å²) in [5, 5.41) is 2.44. The molecule has 28 heavy (non-hydrogen) atoms. The molecule has 1 N–H and O–H groups in total. The number of esters is 1. The first-order valence-corrected chi connectivity index (χ1v) is 10.1. The number of carbonyl (C=O) groups excluding carboxylic acids is 2. The molecular weight excluding hydrogens is 386 g/mol. The molecule has 150 valence electrons. The average molecular weight is 407 g/mol. The number of anilines is 1. The molecule has 0 aliphatic heterocycles. The van der Waals surface area contributed by atoms with Crippen LogP contribution in [0.5, 0.6) is 11.5 Å². The molecule has 0 radical (unpaired) electrons. The Balaban J connectivity index is 1.96. The van der Waals surface area contributed by atoms with E-state index in [4.69, 9.17) is 14.2 Å². The minimum atomic E-state index is -3.51. The Labute approximate surface area is 163 Å². The van der Waals surface area contributed by atoms with E-state index in [9.17, 15) is 18.0 Å². The molecule has 0 aliphatic carbocycles. The molecule has 8 nitrogen and oxygen atoms in total. The number of benzene rings is 2. The fourth-order valence-corrected chi connectivity index (χ4v) is 3.27. The highest BCUT2D eigenvalue weighted by Gasteiger charge is 2.16. The Morgan fingerprint density at radius 3 is 2.39 bits per heavy atom. The van der Waals surface area contributed by atoms with Gasteiger partial charge >= 0.3 is 5.97 Å². The summed E-state index contributed by atoms with van der Waals surface area (Å²) in [6.07, 6.45) is 0.945. The van der Waals surface area contributed by atoms with E-state index in [2.05, 4.69) is 5.32 Å². The zero-order valence-electron chi connectivity index (χ0n) is 15.7. The number of rotatable bonds is 8. The summed E-state index contributed by atoms with van der Waals surface area (Å²) < 4.78 is 38.8.